The van der Waals surface area contributed by atoms with E-state index in [4.69, 9.17) is 0 Å². The van der Waals surface area contributed by atoms with E-state index in [2.05, 4.69) is 156 Å². The lowest BCUT2D eigenvalue weighted by molar-refractivity contribution is 0.478. The highest BCUT2D eigenvalue weighted by molar-refractivity contribution is 5.57. The highest BCUT2D eigenvalue weighted by atomic mass is 14.4. The molecular formula is C39H64. The first-order valence-electron chi connectivity index (χ1n) is 15.4. The lowest BCUT2D eigenvalue weighted by atomic mass is 9.62. The fourth-order valence-electron chi connectivity index (χ4n) is 6.33. The van der Waals surface area contributed by atoms with E-state index in [0.29, 0.717) is 5.92 Å². The van der Waals surface area contributed by atoms with Gasteiger partial charge in [-0.1, -0.05) is 156 Å². The molecule has 0 aliphatic rings. The van der Waals surface area contributed by atoms with Gasteiger partial charge in [0.2, 0.25) is 0 Å². The second-order valence-electron chi connectivity index (χ2n) is 18.6. The molecule has 0 bridgehead atoms. The Morgan fingerprint density at radius 1 is 0.462 bits per heavy atom. The molecule has 0 aliphatic carbocycles. The van der Waals surface area contributed by atoms with E-state index in [1.54, 1.807) is 16.7 Å². The van der Waals surface area contributed by atoms with Crippen LogP contribution in [0.5, 0.6) is 0 Å². The minimum atomic E-state index is 0.0381. The Morgan fingerprint density at radius 2 is 0.897 bits per heavy atom. The molecule has 0 fully saturated rings. The van der Waals surface area contributed by atoms with Crippen molar-refractivity contribution < 1.29 is 0 Å². The van der Waals surface area contributed by atoms with E-state index < -0.39 is 0 Å². The first kappa shape index (κ1) is 33.6. The molecule has 0 heterocycles. The van der Waals surface area contributed by atoms with Crippen LogP contribution in [0.15, 0.2) is 24.3 Å². The van der Waals surface area contributed by atoms with Crippen molar-refractivity contribution in [3.8, 4) is 0 Å². The van der Waals surface area contributed by atoms with Gasteiger partial charge in [0.05, 0.1) is 0 Å². The van der Waals surface area contributed by atoms with E-state index in [0.717, 1.165) is 6.42 Å². The molecule has 0 aromatic heterocycles. The molecule has 2 aromatic carbocycles. The molecule has 0 amide bonds. The predicted molar refractivity (Wildman–Crippen MR) is 177 cm³/mol. The first-order chi connectivity index (χ1) is 17.1. The van der Waals surface area contributed by atoms with Crippen LogP contribution in [-0.2, 0) is 38.9 Å². The molecule has 220 valence electrons. The number of hydrogen-bond acceptors (Lipinski definition) is 0. The van der Waals surface area contributed by atoms with Gasteiger partial charge in [-0.15, -0.1) is 0 Å². The second kappa shape index (κ2) is 10.4. The molecule has 0 aliphatic heterocycles. The van der Waals surface area contributed by atoms with Gasteiger partial charge in [-0.25, -0.2) is 0 Å². The second-order valence-corrected chi connectivity index (χ2v) is 18.6. The largest absolute Gasteiger partial charge is 0.0584 e. The summed E-state index contributed by atoms with van der Waals surface area (Å²) in [5.41, 5.74) is 12.7. The monoisotopic (exact) mass is 533 g/mol. The minimum Gasteiger partial charge on any atom is -0.0584 e. The standard InChI is InChI=1S/C39H64/c1-25(22-26-20-21-27(34(2,3)4)23-28(26)35(5,6)7)31-29(36(8,9)10)24-30(37(11,12)13)32(38(14,15)16)33(31)39(17,18)19/h20-21,23-25H,22H2,1-19H3. The summed E-state index contributed by atoms with van der Waals surface area (Å²) in [6, 6.07) is 9.94. The summed E-state index contributed by atoms with van der Waals surface area (Å²) in [6.07, 6.45) is 1.06. The van der Waals surface area contributed by atoms with Crippen LogP contribution in [0.25, 0.3) is 0 Å². The lowest BCUT2D eigenvalue weighted by Gasteiger charge is -2.42. The van der Waals surface area contributed by atoms with Gasteiger partial charge in [-0.05, 0) is 89.3 Å². The third kappa shape index (κ3) is 7.59. The number of rotatable bonds is 3. The van der Waals surface area contributed by atoms with Gasteiger partial charge in [-0.2, -0.15) is 0 Å². The molecule has 0 saturated heterocycles. The molecule has 1 atom stereocenters. The quantitative estimate of drug-likeness (QED) is 0.369. The normalized spacial score (nSPS) is 15.1. The Morgan fingerprint density at radius 3 is 1.26 bits per heavy atom. The van der Waals surface area contributed by atoms with Crippen LogP contribution >= 0.6 is 0 Å². The van der Waals surface area contributed by atoms with Crippen molar-refractivity contribution in [3.05, 3.63) is 68.8 Å². The highest BCUT2D eigenvalue weighted by Gasteiger charge is 2.38. The zero-order chi connectivity index (χ0) is 30.7. The number of benzene rings is 2. The molecule has 0 nitrogen and oxygen atoms in total. The average molecular weight is 533 g/mol. The fourth-order valence-corrected chi connectivity index (χ4v) is 6.33. The fraction of sp³-hybridized carbons (Fsp3) is 0.692. The molecule has 39 heavy (non-hydrogen) atoms. The Balaban J connectivity index is 3.02. The summed E-state index contributed by atoms with van der Waals surface area (Å²) >= 11 is 0. The van der Waals surface area contributed by atoms with Gasteiger partial charge in [0.25, 0.3) is 0 Å². The summed E-state index contributed by atoms with van der Waals surface area (Å²) in [4.78, 5) is 0. The Bertz CT molecular complexity index is 1160. The van der Waals surface area contributed by atoms with Gasteiger partial charge < -0.3 is 0 Å². The van der Waals surface area contributed by atoms with E-state index in [-0.39, 0.29) is 32.5 Å². The molecule has 2 aromatic rings. The van der Waals surface area contributed by atoms with Gasteiger partial charge >= 0.3 is 0 Å². The van der Waals surface area contributed by atoms with Crippen LogP contribution in [0.3, 0.4) is 0 Å². The van der Waals surface area contributed by atoms with Crippen LogP contribution in [0.2, 0.25) is 0 Å². The van der Waals surface area contributed by atoms with Crippen LogP contribution < -0.4 is 0 Å². The minimum absolute atomic E-state index is 0.0381. The van der Waals surface area contributed by atoms with Crippen molar-refractivity contribution in [2.45, 2.75) is 176 Å². The summed E-state index contributed by atoms with van der Waals surface area (Å²) in [5, 5.41) is 0. The lowest BCUT2D eigenvalue weighted by Crippen LogP contribution is -2.33. The molecule has 0 radical (unpaired) electrons. The zero-order valence-electron chi connectivity index (χ0n) is 29.6. The average Bonchev–Trinajstić information content (AvgIpc) is 2.68. The van der Waals surface area contributed by atoms with Crippen molar-refractivity contribution in [2.75, 3.05) is 0 Å². The molecule has 0 saturated carbocycles. The number of hydrogen-bond donors (Lipinski definition) is 0. The summed E-state index contributed by atoms with van der Waals surface area (Å²) in [6.45, 7) is 45.6. The van der Waals surface area contributed by atoms with E-state index in [1.807, 2.05) is 0 Å². The topological polar surface area (TPSA) is 0 Å². The van der Waals surface area contributed by atoms with Crippen molar-refractivity contribution >= 4 is 0 Å². The Kier molecular flexibility index (Phi) is 8.94. The van der Waals surface area contributed by atoms with E-state index >= 15 is 0 Å². The maximum atomic E-state index is 2.61. The summed E-state index contributed by atoms with van der Waals surface area (Å²) in [7, 11) is 0. The zero-order valence-corrected chi connectivity index (χ0v) is 29.6. The molecule has 0 heteroatoms. The third-order valence-corrected chi connectivity index (χ3v) is 8.29. The van der Waals surface area contributed by atoms with Gasteiger partial charge in [0.15, 0.2) is 0 Å². The molecular weight excluding hydrogens is 468 g/mol. The van der Waals surface area contributed by atoms with Crippen LogP contribution in [0, 0.1) is 0 Å². The van der Waals surface area contributed by atoms with E-state index in [9.17, 15) is 0 Å². The summed E-state index contributed by atoms with van der Waals surface area (Å²) < 4.78 is 0. The SMILES string of the molecule is CC(Cc1ccc(C(C)(C)C)cc1C(C)(C)C)c1c(C(C)(C)C)cc(C(C)(C)C)c(C(C)(C)C)c1C(C)(C)C. The van der Waals surface area contributed by atoms with Crippen LogP contribution in [0.4, 0.5) is 0 Å². The van der Waals surface area contributed by atoms with Gasteiger partial charge in [0.1, 0.15) is 0 Å². The molecule has 1 unspecified atom stereocenters. The van der Waals surface area contributed by atoms with Crippen molar-refractivity contribution in [2.24, 2.45) is 0 Å². The van der Waals surface area contributed by atoms with Gasteiger partial charge in [-0.3, -0.25) is 0 Å². The van der Waals surface area contributed by atoms with E-state index in [1.165, 1.54) is 27.8 Å². The Labute approximate surface area is 244 Å². The van der Waals surface area contributed by atoms with Gasteiger partial charge in [0, 0.05) is 0 Å². The van der Waals surface area contributed by atoms with Crippen LogP contribution in [-0.4, -0.2) is 0 Å². The molecule has 2 rings (SSSR count). The Hall–Kier alpha value is -1.56. The smallest absolute Gasteiger partial charge is 0.0126 e. The first-order valence-corrected chi connectivity index (χ1v) is 15.4. The molecule has 0 N–H and O–H groups in total. The maximum Gasteiger partial charge on any atom is -0.0126 e. The third-order valence-electron chi connectivity index (χ3n) is 8.29. The van der Waals surface area contributed by atoms with Crippen molar-refractivity contribution in [3.63, 3.8) is 0 Å². The molecule has 0 spiro atoms. The maximum absolute atomic E-state index is 2.61. The van der Waals surface area contributed by atoms with Crippen LogP contribution in [0.1, 0.15) is 182 Å². The highest BCUT2D eigenvalue weighted by Crippen LogP contribution is 2.49. The predicted octanol–water partition coefficient (Wildman–Crippen LogP) is 11.8. The van der Waals surface area contributed by atoms with Crippen molar-refractivity contribution in [1.82, 2.24) is 0 Å². The van der Waals surface area contributed by atoms with Crippen molar-refractivity contribution in [1.29, 1.82) is 0 Å². The summed E-state index contributed by atoms with van der Waals surface area (Å²) in [5.74, 6) is 0.408.